The van der Waals surface area contributed by atoms with Crippen molar-refractivity contribution in [1.82, 2.24) is 20.1 Å². The zero-order valence-electron chi connectivity index (χ0n) is 15.1. The van der Waals surface area contributed by atoms with Gasteiger partial charge in [0, 0.05) is 39.0 Å². The number of aryl methyl sites for hydroxylation is 2. The van der Waals surface area contributed by atoms with Crippen molar-refractivity contribution in [2.75, 3.05) is 39.8 Å². The third-order valence-corrected chi connectivity index (χ3v) is 4.46. The van der Waals surface area contributed by atoms with E-state index in [1.807, 2.05) is 26.0 Å². The summed E-state index contributed by atoms with van der Waals surface area (Å²) in [6.07, 6.45) is 2.22. The Bertz CT molecular complexity index is 530. The molecule has 2 rings (SSSR count). The van der Waals surface area contributed by atoms with E-state index in [-0.39, 0.29) is 12.6 Å². The van der Waals surface area contributed by atoms with Crippen LogP contribution in [-0.2, 0) is 6.54 Å². The quantitative estimate of drug-likeness (QED) is 0.828. The molecule has 24 heavy (non-hydrogen) atoms. The number of carbonyl (C=O) groups excluding carboxylic acids is 1. The van der Waals surface area contributed by atoms with Gasteiger partial charge < -0.3 is 20.2 Å². The highest BCUT2D eigenvalue weighted by Gasteiger charge is 2.19. The second-order valence-electron chi connectivity index (χ2n) is 6.86. The van der Waals surface area contributed by atoms with E-state index in [0.717, 1.165) is 49.4 Å². The van der Waals surface area contributed by atoms with Crippen molar-refractivity contribution in [2.24, 2.45) is 5.92 Å². The summed E-state index contributed by atoms with van der Waals surface area (Å²) < 4.78 is 0. The van der Waals surface area contributed by atoms with Gasteiger partial charge in [0.2, 0.25) is 0 Å². The highest BCUT2D eigenvalue weighted by Crippen LogP contribution is 2.15. The van der Waals surface area contributed by atoms with E-state index >= 15 is 0 Å². The van der Waals surface area contributed by atoms with Crippen LogP contribution >= 0.6 is 0 Å². The van der Waals surface area contributed by atoms with Crippen molar-refractivity contribution >= 4 is 6.03 Å². The summed E-state index contributed by atoms with van der Waals surface area (Å²) >= 11 is 0. The molecule has 1 aromatic rings. The average Bonchev–Trinajstić information content (AvgIpc) is 2.54. The molecule has 1 unspecified atom stereocenters. The standard InChI is InChI=1S/C18H30N4O2/c1-14-9-15(2)20-17(10-14)12-21(3)18(24)19-6-8-22-7-4-5-16(11-22)13-23/h9-10,16,23H,4-8,11-13H2,1-3H3,(H,19,24). The van der Waals surface area contributed by atoms with Crippen LogP contribution < -0.4 is 5.32 Å². The average molecular weight is 334 g/mol. The van der Waals surface area contributed by atoms with E-state index in [1.54, 1.807) is 11.9 Å². The Morgan fingerprint density at radius 2 is 2.25 bits per heavy atom. The maximum atomic E-state index is 12.2. The van der Waals surface area contributed by atoms with Gasteiger partial charge in [-0.2, -0.15) is 0 Å². The number of carbonyl (C=O) groups is 1. The second-order valence-corrected chi connectivity index (χ2v) is 6.86. The fourth-order valence-corrected chi connectivity index (χ4v) is 3.28. The molecule has 0 bridgehead atoms. The fraction of sp³-hybridized carbons (Fsp3) is 0.667. The molecule has 1 fully saturated rings. The van der Waals surface area contributed by atoms with Crippen LogP contribution in [0.4, 0.5) is 4.79 Å². The molecule has 1 aliphatic rings. The minimum Gasteiger partial charge on any atom is -0.396 e. The molecule has 6 heteroatoms. The first-order chi connectivity index (χ1) is 11.5. The van der Waals surface area contributed by atoms with Gasteiger partial charge in [-0.05, 0) is 56.8 Å². The van der Waals surface area contributed by atoms with Crippen LogP contribution in [0.1, 0.15) is 29.8 Å². The summed E-state index contributed by atoms with van der Waals surface area (Å²) in [6, 6.07) is 3.97. The smallest absolute Gasteiger partial charge is 0.317 e. The second kappa shape index (κ2) is 8.99. The Labute approximate surface area is 144 Å². The van der Waals surface area contributed by atoms with Crippen molar-refractivity contribution in [3.05, 3.63) is 29.1 Å². The molecule has 0 spiro atoms. The van der Waals surface area contributed by atoms with Crippen LogP contribution in [0.15, 0.2) is 12.1 Å². The van der Waals surface area contributed by atoms with Gasteiger partial charge in [0.05, 0.1) is 12.2 Å². The maximum Gasteiger partial charge on any atom is 0.317 e. The van der Waals surface area contributed by atoms with Crippen molar-refractivity contribution in [2.45, 2.75) is 33.2 Å². The molecule has 0 saturated carbocycles. The summed E-state index contributed by atoms with van der Waals surface area (Å²) in [5.74, 6) is 0.382. The lowest BCUT2D eigenvalue weighted by molar-refractivity contribution is 0.121. The molecule has 134 valence electrons. The van der Waals surface area contributed by atoms with Crippen LogP contribution in [0.2, 0.25) is 0 Å². The third-order valence-electron chi connectivity index (χ3n) is 4.46. The van der Waals surface area contributed by atoms with E-state index in [9.17, 15) is 9.90 Å². The number of likely N-dealkylation sites (tertiary alicyclic amines) is 1. The van der Waals surface area contributed by atoms with Gasteiger partial charge in [-0.1, -0.05) is 0 Å². The molecule has 1 saturated heterocycles. The topological polar surface area (TPSA) is 68.7 Å². The van der Waals surface area contributed by atoms with Crippen molar-refractivity contribution in [1.29, 1.82) is 0 Å². The number of pyridine rings is 1. The van der Waals surface area contributed by atoms with Crippen molar-refractivity contribution in [3.8, 4) is 0 Å². The zero-order chi connectivity index (χ0) is 17.5. The molecule has 2 N–H and O–H groups in total. The normalized spacial score (nSPS) is 18.4. The molecule has 6 nitrogen and oxygen atoms in total. The summed E-state index contributed by atoms with van der Waals surface area (Å²) in [6.45, 7) is 8.20. The molecular formula is C18H30N4O2. The summed E-state index contributed by atoms with van der Waals surface area (Å²) in [5, 5.41) is 12.2. The number of piperidine rings is 1. The van der Waals surface area contributed by atoms with Gasteiger partial charge in [-0.25, -0.2) is 4.79 Å². The highest BCUT2D eigenvalue weighted by molar-refractivity contribution is 5.73. The molecule has 1 aliphatic heterocycles. The fourth-order valence-electron chi connectivity index (χ4n) is 3.28. The largest absolute Gasteiger partial charge is 0.396 e. The van der Waals surface area contributed by atoms with Crippen LogP contribution in [0.3, 0.4) is 0 Å². The number of hydrogen-bond acceptors (Lipinski definition) is 4. The van der Waals surface area contributed by atoms with Gasteiger partial charge in [-0.15, -0.1) is 0 Å². The van der Waals surface area contributed by atoms with Gasteiger partial charge in [0.1, 0.15) is 0 Å². The number of urea groups is 1. The Hall–Kier alpha value is -1.66. The molecule has 2 amide bonds. The van der Waals surface area contributed by atoms with E-state index in [0.29, 0.717) is 19.0 Å². The number of nitrogens with one attached hydrogen (secondary N) is 1. The summed E-state index contributed by atoms with van der Waals surface area (Å²) in [5.41, 5.74) is 3.05. The lowest BCUT2D eigenvalue weighted by atomic mass is 9.99. The highest BCUT2D eigenvalue weighted by atomic mass is 16.3. The lowest BCUT2D eigenvalue weighted by Gasteiger charge is -2.31. The van der Waals surface area contributed by atoms with Gasteiger partial charge >= 0.3 is 6.03 Å². The van der Waals surface area contributed by atoms with Crippen LogP contribution in [0.25, 0.3) is 0 Å². The summed E-state index contributed by atoms with van der Waals surface area (Å²) in [7, 11) is 1.79. The minimum atomic E-state index is -0.0772. The monoisotopic (exact) mass is 334 g/mol. The third kappa shape index (κ3) is 5.76. The Kier molecular flexibility index (Phi) is 6.99. The number of hydrogen-bond donors (Lipinski definition) is 2. The van der Waals surface area contributed by atoms with Gasteiger partial charge in [-0.3, -0.25) is 4.98 Å². The van der Waals surface area contributed by atoms with E-state index in [2.05, 4.69) is 15.2 Å². The minimum absolute atomic E-state index is 0.0772. The number of aliphatic hydroxyl groups excluding tert-OH is 1. The van der Waals surface area contributed by atoms with Crippen LogP contribution in [0.5, 0.6) is 0 Å². The van der Waals surface area contributed by atoms with E-state index in [4.69, 9.17) is 0 Å². The van der Waals surface area contributed by atoms with Crippen LogP contribution in [0, 0.1) is 19.8 Å². The predicted octanol–water partition coefficient (Wildman–Crippen LogP) is 1.54. The predicted molar refractivity (Wildman–Crippen MR) is 94.8 cm³/mol. The molecule has 0 aromatic carbocycles. The first-order valence-corrected chi connectivity index (χ1v) is 8.74. The molecule has 2 heterocycles. The zero-order valence-corrected chi connectivity index (χ0v) is 15.1. The maximum absolute atomic E-state index is 12.2. The first kappa shape index (κ1) is 18.7. The van der Waals surface area contributed by atoms with E-state index in [1.165, 1.54) is 0 Å². The van der Waals surface area contributed by atoms with E-state index < -0.39 is 0 Å². The SMILES string of the molecule is Cc1cc(C)nc(CN(C)C(=O)NCCN2CCCC(CO)C2)c1. The number of amides is 2. The Balaban J connectivity index is 1.73. The summed E-state index contributed by atoms with van der Waals surface area (Å²) in [4.78, 5) is 20.7. The molecule has 0 radical (unpaired) electrons. The van der Waals surface area contributed by atoms with Crippen molar-refractivity contribution in [3.63, 3.8) is 0 Å². The van der Waals surface area contributed by atoms with Crippen molar-refractivity contribution < 1.29 is 9.90 Å². The number of nitrogens with zero attached hydrogens (tertiary/aromatic N) is 3. The molecule has 1 atom stereocenters. The number of rotatable bonds is 6. The Morgan fingerprint density at radius 1 is 1.46 bits per heavy atom. The van der Waals surface area contributed by atoms with Gasteiger partial charge in [0.15, 0.2) is 0 Å². The molecule has 1 aromatic heterocycles. The molecule has 0 aliphatic carbocycles. The Morgan fingerprint density at radius 3 is 2.96 bits per heavy atom. The lowest BCUT2D eigenvalue weighted by Crippen LogP contribution is -2.44. The first-order valence-electron chi connectivity index (χ1n) is 8.74. The number of aromatic nitrogens is 1. The van der Waals surface area contributed by atoms with Gasteiger partial charge in [0.25, 0.3) is 0 Å². The number of aliphatic hydroxyl groups is 1. The van der Waals surface area contributed by atoms with Crippen LogP contribution in [-0.4, -0.2) is 65.8 Å². The molecular weight excluding hydrogens is 304 g/mol.